The van der Waals surface area contributed by atoms with Gasteiger partial charge < -0.3 is 5.11 Å². The van der Waals surface area contributed by atoms with E-state index in [1.807, 2.05) is 6.92 Å². The van der Waals surface area contributed by atoms with Crippen molar-refractivity contribution in [3.05, 3.63) is 24.3 Å². The maximum Gasteiger partial charge on any atom is 0.219 e. The van der Waals surface area contributed by atoms with Gasteiger partial charge in [-0.05, 0) is 6.42 Å². The molecule has 2 aromatic heterocycles. The molecule has 2 aromatic rings. The molecule has 0 aliphatic rings. The molecule has 0 bridgehead atoms. The van der Waals surface area contributed by atoms with Crippen molar-refractivity contribution < 1.29 is 5.11 Å². The Morgan fingerprint density at radius 3 is 3.08 bits per heavy atom. The Kier molecular flexibility index (Phi) is 1.46. The van der Waals surface area contributed by atoms with E-state index in [0.29, 0.717) is 11.3 Å². The van der Waals surface area contributed by atoms with Crippen molar-refractivity contribution >= 4 is 5.65 Å². The number of imidazole rings is 1. The number of hydrogen-bond acceptors (Lipinski definition) is 3. The average Bonchev–Trinajstić information content (AvgIpc) is 2.44. The van der Waals surface area contributed by atoms with Crippen molar-refractivity contribution in [3.8, 4) is 5.88 Å². The van der Waals surface area contributed by atoms with Crippen LogP contribution in [0.4, 0.5) is 0 Å². The Morgan fingerprint density at radius 2 is 2.42 bits per heavy atom. The molecule has 0 amide bonds. The quantitative estimate of drug-likeness (QED) is 0.682. The second kappa shape index (κ2) is 2.48. The molecule has 0 aliphatic carbocycles. The van der Waals surface area contributed by atoms with E-state index in [2.05, 4.69) is 9.97 Å². The molecule has 0 spiro atoms. The van der Waals surface area contributed by atoms with Gasteiger partial charge in [-0.2, -0.15) is 0 Å². The minimum Gasteiger partial charge on any atom is -0.493 e. The minimum atomic E-state index is 0.218. The molecule has 4 nitrogen and oxygen atoms in total. The fourth-order valence-electron chi connectivity index (χ4n) is 1.18. The third-order valence-electron chi connectivity index (χ3n) is 1.81. The van der Waals surface area contributed by atoms with E-state index in [1.165, 1.54) is 0 Å². The predicted octanol–water partition coefficient (Wildman–Crippen LogP) is 0.997. The molecule has 4 heteroatoms. The normalized spacial score (nSPS) is 10.8. The van der Waals surface area contributed by atoms with Gasteiger partial charge in [-0.3, -0.25) is 9.38 Å². The fraction of sp³-hybridized carbons (Fsp3) is 0.250. The van der Waals surface area contributed by atoms with Crippen molar-refractivity contribution in [2.75, 3.05) is 0 Å². The molecule has 2 heterocycles. The summed E-state index contributed by atoms with van der Waals surface area (Å²) in [6.45, 7) is 1.95. The lowest BCUT2D eigenvalue weighted by Gasteiger charge is -1.92. The Morgan fingerprint density at radius 1 is 1.58 bits per heavy atom. The van der Waals surface area contributed by atoms with Crippen LogP contribution in [0.5, 0.6) is 5.88 Å². The van der Waals surface area contributed by atoms with Crippen LogP contribution in [0.3, 0.4) is 0 Å². The minimum absolute atomic E-state index is 0.218. The van der Waals surface area contributed by atoms with E-state index >= 15 is 0 Å². The Balaban J connectivity index is 2.78. The number of hydrogen-bond donors (Lipinski definition) is 1. The number of rotatable bonds is 1. The first-order chi connectivity index (χ1) is 5.83. The third kappa shape index (κ3) is 0.845. The molecule has 0 aromatic carbocycles. The summed E-state index contributed by atoms with van der Waals surface area (Å²) in [7, 11) is 0. The smallest absolute Gasteiger partial charge is 0.219 e. The Bertz CT molecular complexity index is 408. The van der Waals surface area contributed by atoms with Crippen LogP contribution < -0.4 is 0 Å². The standard InChI is InChI=1S/C8H9N3O/c1-2-6-8(12)11-4-3-9-5-7(11)10-6/h3-5,12H,2H2,1H3. The Labute approximate surface area is 69.5 Å². The molecule has 0 radical (unpaired) electrons. The van der Waals surface area contributed by atoms with Crippen molar-refractivity contribution in [3.63, 3.8) is 0 Å². The maximum atomic E-state index is 9.56. The second-order valence-electron chi connectivity index (χ2n) is 2.54. The van der Waals surface area contributed by atoms with E-state index in [4.69, 9.17) is 0 Å². The zero-order chi connectivity index (χ0) is 8.55. The van der Waals surface area contributed by atoms with E-state index < -0.39 is 0 Å². The van der Waals surface area contributed by atoms with Crippen molar-refractivity contribution in [1.82, 2.24) is 14.4 Å². The SMILES string of the molecule is CCc1nc2cnccn2c1O. The van der Waals surface area contributed by atoms with Crippen molar-refractivity contribution in [1.29, 1.82) is 0 Å². The summed E-state index contributed by atoms with van der Waals surface area (Å²) in [5.74, 6) is 0.218. The molecule has 0 fully saturated rings. The topological polar surface area (TPSA) is 50.4 Å². The molecule has 2 rings (SSSR count). The van der Waals surface area contributed by atoms with Crippen molar-refractivity contribution in [2.45, 2.75) is 13.3 Å². The summed E-state index contributed by atoms with van der Waals surface area (Å²) in [5.41, 5.74) is 1.40. The summed E-state index contributed by atoms with van der Waals surface area (Å²) in [4.78, 5) is 8.09. The van der Waals surface area contributed by atoms with Crippen LogP contribution in [-0.4, -0.2) is 19.5 Å². The highest BCUT2D eigenvalue weighted by Crippen LogP contribution is 2.17. The van der Waals surface area contributed by atoms with E-state index in [1.54, 1.807) is 23.0 Å². The first-order valence-corrected chi connectivity index (χ1v) is 3.83. The van der Waals surface area contributed by atoms with Crippen LogP contribution in [0.1, 0.15) is 12.6 Å². The fourth-order valence-corrected chi connectivity index (χ4v) is 1.18. The molecule has 1 N–H and O–H groups in total. The van der Waals surface area contributed by atoms with Gasteiger partial charge in [0, 0.05) is 12.4 Å². The lowest BCUT2D eigenvalue weighted by Crippen LogP contribution is -1.83. The van der Waals surface area contributed by atoms with Crippen LogP contribution in [0.25, 0.3) is 5.65 Å². The second-order valence-corrected chi connectivity index (χ2v) is 2.54. The number of fused-ring (bicyclic) bond motifs is 1. The molecule has 0 aliphatic heterocycles. The number of aromatic nitrogens is 3. The van der Waals surface area contributed by atoms with Crippen LogP contribution in [0.15, 0.2) is 18.6 Å². The lowest BCUT2D eigenvalue weighted by atomic mass is 10.4. The van der Waals surface area contributed by atoms with Crippen LogP contribution >= 0.6 is 0 Å². The van der Waals surface area contributed by atoms with Gasteiger partial charge in [0.05, 0.1) is 6.20 Å². The number of aromatic hydroxyl groups is 1. The van der Waals surface area contributed by atoms with E-state index in [0.717, 1.165) is 6.42 Å². The highest BCUT2D eigenvalue weighted by atomic mass is 16.3. The van der Waals surface area contributed by atoms with E-state index in [9.17, 15) is 5.11 Å². The molecule has 0 saturated heterocycles. The Hall–Kier alpha value is -1.58. The predicted molar refractivity (Wildman–Crippen MR) is 44.0 cm³/mol. The van der Waals surface area contributed by atoms with Crippen LogP contribution in [-0.2, 0) is 6.42 Å². The summed E-state index contributed by atoms with van der Waals surface area (Å²) >= 11 is 0. The first-order valence-electron chi connectivity index (χ1n) is 3.83. The summed E-state index contributed by atoms with van der Waals surface area (Å²) in [6, 6.07) is 0. The number of aryl methyl sites for hydroxylation is 1. The molecular formula is C8H9N3O. The van der Waals surface area contributed by atoms with Crippen LogP contribution in [0, 0.1) is 0 Å². The molecule has 12 heavy (non-hydrogen) atoms. The van der Waals surface area contributed by atoms with Gasteiger partial charge in [0.1, 0.15) is 5.69 Å². The molecule has 62 valence electrons. The van der Waals surface area contributed by atoms with Gasteiger partial charge >= 0.3 is 0 Å². The monoisotopic (exact) mass is 163 g/mol. The highest BCUT2D eigenvalue weighted by molar-refractivity contribution is 5.43. The first kappa shape index (κ1) is 7.09. The number of nitrogens with zero attached hydrogens (tertiary/aromatic N) is 3. The van der Waals surface area contributed by atoms with Crippen LogP contribution in [0.2, 0.25) is 0 Å². The van der Waals surface area contributed by atoms with Gasteiger partial charge in [-0.1, -0.05) is 6.92 Å². The molecule has 0 atom stereocenters. The maximum absolute atomic E-state index is 9.56. The lowest BCUT2D eigenvalue weighted by molar-refractivity contribution is 0.441. The largest absolute Gasteiger partial charge is 0.493 e. The highest BCUT2D eigenvalue weighted by Gasteiger charge is 2.07. The van der Waals surface area contributed by atoms with Gasteiger partial charge in [0.15, 0.2) is 5.65 Å². The van der Waals surface area contributed by atoms with Crippen molar-refractivity contribution in [2.24, 2.45) is 0 Å². The molecule has 0 unspecified atom stereocenters. The third-order valence-corrected chi connectivity index (χ3v) is 1.81. The van der Waals surface area contributed by atoms with Gasteiger partial charge in [-0.15, -0.1) is 0 Å². The van der Waals surface area contributed by atoms with E-state index in [-0.39, 0.29) is 5.88 Å². The summed E-state index contributed by atoms with van der Waals surface area (Å²) in [5, 5.41) is 9.56. The van der Waals surface area contributed by atoms with Gasteiger partial charge in [0.25, 0.3) is 0 Å². The summed E-state index contributed by atoms with van der Waals surface area (Å²) < 4.78 is 1.62. The summed E-state index contributed by atoms with van der Waals surface area (Å²) in [6.07, 6.45) is 5.66. The molecular weight excluding hydrogens is 154 g/mol. The average molecular weight is 163 g/mol. The zero-order valence-corrected chi connectivity index (χ0v) is 6.73. The van der Waals surface area contributed by atoms with Gasteiger partial charge in [-0.25, -0.2) is 4.98 Å². The van der Waals surface area contributed by atoms with Gasteiger partial charge in [0.2, 0.25) is 5.88 Å². The zero-order valence-electron chi connectivity index (χ0n) is 6.73. The molecule has 0 saturated carbocycles.